The van der Waals surface area contributed by atoms with Gasteiger partial charge < -0.3 is 4.55 Å². The van der Waals surface area contributed by atoms with E-state index in [9.17, 15) is 34.9 Å². The van der Waals surface area contributed by atoms with Crippen LogP contribution in [-0.4, -0.2) is 13.0 Å². The second-order valence-electron chi connectivity index (χ2n) is 4.14. The summed E-state index contributed by atoms with van der Waals surface area (Å²) in [5.74, 6) is -11.2. The fraction of sp³-hybridized carbons (Fsp3) is 0. The van der Waals surface area contributed by atoms with E-state index in [1.54, 1.807) is 0 Å². The molecule has 11 heteroatoms. The van der Waals surface area contributed by atoms with E-state index < -0.39 is 65.3 Å². The Bertz CT molecular complexity index is 902. The van der Waals surface area contributed by atoms with E-state index in [0.717, 1.165) is 0 Å². The predicted molar refractivity (Wildman–Crippen MR) is 69.7 cm³/mol. The van der Waals surface area contributed by atoms with Crippen LogP contribution in [0.3, 0.4) is 0 Å². The van der Waals surface area contributed by atoms with Gasteiger partial charge in [0.15, 0.2) is 23.3 Å². The van der Waals surface area contributed by atoms with Crippen molar-refractivity contribution < 1.29 is 34.9 Å². The third-order valence-corrected chi connectivity index (χ3v) is 4.67. The highest BCUT2D eigenvalue weighted by Gasteiger charge is 2.28. The molecule has 2 aromatic carbocycles. The van der Waals surface area contributed by atoms with Crippen molar-refractivity contribution in [2.24, 2.45) is 0 Å². The van der Waals surface area contributed by atoms with E-state index in [4.69, 9.17) is 23.2 Å². The maximum Gasteiger partial charge on any atom is 0.200 e. The first-order valence-corrected chi connectivity index (χ1v) is 7.60. The van der Waals surface area contributed by atoms with E-state index in [0.29, 0.717) is 12.1 Å². The van der Waals surface area contributed by atoms with E-state index >= 15 is 0 Å². The Kier molecular flexibility index (Phi) is 4.60. The first-order valence-electron chi connectivity index (χ1n) is 5.44. The van der Waals surface area contributed by atoms with E-state index in [2.05, 4.69) is 0 Å². The molecular formula is C12H2Cl2F5O3S-. The molecule has 0 aromatic heterocycles. The van der Waals surface area contributed by atoms with Gasteiger partial charge >= 0.3 is 0 Å². The third-order valence-electron chi connectivity index (χ3n) is 2.80. The van der Waals surface area contributed by atoms with Crippen molar-refractivity contribution in [2.45, 2.75) is 4.90 Å². The first kappa shape index (κ1) is 17.9. The molecule has 0 spiro atoms. The monoisotopic (exact) mass is 391 g/mol. The molecule has 0 aliphatic rings. The fourth-order valence-corrected chi connectivity index (χ4v) is 3.08. The Labute approximate surface area is 136 Å². The topological polar surface area (TPSA) is 57.2 Å². The molecule has 0 saturated carbocycles. The van der Waals surface area contributed by atoms with Crippen LogP contribution in [0.2, 0.25) is 10.0 Å². The normalized spacial score (nSPS) is 11.8. The summed E-state index contributed by atoms with van der Waals surface area (Å²) in [6.45, 7) is 0. The molecule has 2 rings (SSSR count). The van der Waals surface area contributed by atoms with Crippen LogP contribution in [0.15, 0.2) is 17.0 Å². The van der Waals surface area contributed by atoms with Gasteiger partial charge in [0.05, 0.1) is 20.5 Å². The van der Waals surface area contributed by atoms with Crippen LogP contribution in [0.5, 0.6) is 0 Å². The molecule has 23 heavy (non-hydrogen) atoms. The molecule has 0 fully saturated rings. The smallest absolute Gasteiger partial charge is 0.200 e. The summed E-state index contributed by atoms with van der Waals surface area (Å²) in [5.41, 5.74) is -2.17. The van der Waals surface area contributed by atoms with Gasteiger partial charge in [-0.1, -0.05) is 29.3 Å². The minimum Gasteiger partial charge on any atom is -0.744 e. The molecule has 0 amide bonds. The highest BCUT2D eigenvalue weighted by molar-refractivity contribution is 7.85. The molecule has 0 atom stereocenters. The van der Waals surface area contributed by atoms with Gasteiger partial charge in [-0.3, -0.25) is 0 Å². The standard InChI is InChI=1S/C12H3Cl2F5O3S/c13-6-3(1-2-4(7(6)14)23(20,21)22)5-8(15)10(17)12(19)11(18)9(5)16/h1-2H,(H,20,21,22)/p-1. The summed E-state index contributed by atoms with van der Waals surface area (Å²) >= 11 is 11.2. The van der Waals surface area contributed by atoms with Crippen molar-refractivity contribution in [1.82, 2.24) is 0 Å². The lowest BCUT2D eigenvalue weighted by Gasteiger charge is -2.14. The summed E-state index contributed by atoms with van der Waals surface area (Å²) in [6.07, 6.45) is 0. The molecule has 0 radical (unpaired) electrons. The zero-order valence-electron chi connectivity index (χ0n) is 10.4. The predicted octanol–water partition coefficient (Wildman–Crippen LogP) is 4.26. The summed E-state index contributed by atoms with van der Waals surface area (Å²) in [5, 5.41) is -1.75. The molecule has 0 bridgehead atoms. The van der Waals surface area contributed by atoms with Gasteiger partial charge in [0.2, 0.25) is 5.82 Å². The van der Waals surface area contributed by atoms with Gasteiger partial charge in [-0.15, -0.1) is 0 Å². The van der Waals surface area contributed by atoms with Crippen molar-refractivity contribution in [3.8, 4) is 11.1 Å². The van der Waals surface area contributed by atoms with E-state index in [1.165, 1.54) is 0 Å². The van der Waals surface area contributed by atoms with Crippen LogP contribution >= 0.6 is 23.2 Å². The first-order chi connectivity index (χ1) is 10.5. The lowest BCUT2D eigenvalue weighted by atomic mass is 10.0. The SMILES string of the molecule is O=S(=O)([O-])c1ccc(-c2c(F)c(F)c(F)c(F)c2F)c(Cl)c1Cl. The fourth-order valence-electron chi connectivity index (χ4n) is 1.76. The van der Waals surface area contributed by atoms with Gasteiger partial charge in [0.25, 0.3) is 0 Å². The van der Waals surface area contributed by atoms with Gasteiger partial charge in [-0.25, -0.2) is 30.4 Å². The summed E-state index contributed by atoms with van der Waals surface area (Å²) in [6, 6.07) is 1.15. The molecule has 3 nitrogen and oxygen atoms in total. The number of hydrogen-bond acceptors (Lipinski definition) is 3. The van der Waals surface area contributed by atoms with Crippen LogP contribution in [0.1, 0.15) is 0 Å². The number of benzene rings is 2. The molecule has 0 unspecified atom stereocenters. The van der Waals surface area contributed by atoms with Gasteiger partial charge in [0.1, 0.15) is 10.1 Å². The zero-order chi connectivity index (χ0) is 17.7. The van der Waals surface area contributed by atoms with Crippen molar-refractivity contribution in [3.63, 3.8) is 0 Å². The van der Waals surface area contributed by atoms with Crippen molar-refractivity contribution >= 4 is 33.3 Å². The van der Waals surface area contributed by atoms with E-state index in [1.807, 2.05) is 0 Å². The van der Waals surface area contributed by atoms with Crippen LogP contribution in [-0.2, 0) is 10.1 Å². The van der Waals surface area contributed by atoms with Crippen LogP contribution in [0.4, 0.5) is 22.0 Å². The lowest BCUT2D eigenvalue weighted by Crippen LogP contribution is -2.05. The average molecular weight is 392 g/mol. The zero-order valence-corrected chi connectivity index (χ0v) is 12.8. The summed E-state index contributed by atoms with van der Waals surface area (Å²) < 4.78 is 99.7. The van der Waals surface area contributed by atoms with Crippen LogP contribution in [0, 0.1) is 29.1 Å². The molecule has 0 saturated heterocycles. The third kappa shape index (κ3) is 2.89. The Morgan fingerprint density at radius 1 is 0.783 bits per heavy atom. The number of hydrogen-bond donors (Lipinski definition) is 0. The maximum absolute atomic E-state index is 13.7. The van der Waals surface area contributed by atoms with E-state index in [-0.39, 0.29) is 0 Å². The van der Waals surface area contributed by atoms with Crippen LogP contribution < -0.4 is 0 Å². The molecule has 0 heterocycles. The van der Waals surface area contributed by atoms with Crippen LogP contribution in [0.25, 0.3) is 11.1 Å². The number of halogens is 7. The quantitative estimate of drug-likeness (QED) is 0.332. The Hall–Kier alpha value is -1.42. The van der Waals surface area contributed by atoms with Gasteiger partial charge in [-0.2, -0.15) is 0 Å². The molecule has 0 aliphatic carbocycles. The molecule has 0 N–H and O–H groups in total. The molecule has 2 aromatic rings. The maximum atomic E-state index is 13.7. The molecule has 0 aliphatic heterocycles. The average Bonchev–Trinajstić information content (AvgIpc) is 2.46. The molecular weight excluding hydrogens is 390 g/mol. The summed E-state index contributed by atoms with van der Waals surface area (Å²) in [4.78, 5) is -1.00. The largest absolute Gasteiger partial charge is 0.744 e. The highest BCUT2D eigenvalue weighted by atomic mass is 35.5. The van der Waals surface area contributed by atoms with Gasteiger partial charge in [0, 0.05) is 5.56 Å². The summed E-state index contributed by atoms with van der Waals surface area (Å²) in [7, 11) is -5.06. The minimum atomic E-state index is -5.06. The highest BCUT2D eigenvalue weighted by Crippen LogP contribution is 2.41. The van der Waals surface area contributed by atoms with Gasteiger partial charge in [-0.05, 0) is 6.07 Å². The van der Waals surface area contributed by atoms with Crippen molar-refractivity contribution in [2.75, 3.05) is 0 Å². The minimum absolute atomic E-state index is 0.546. The molecule has 124 valence electrons. The Morgan fingerprint density at radius 3 is 1.65 bits per heavy atom. The van der Waals surface area contributed by atoms with Crippen molar-refractivity contribution in [3.05, 3.63) is 51.3 Å². The van der Waals surface area contributed by atoms with Crippen molar-refractivity contribution in [1.29, 1.82) is 0 Å². The Balaban J connectivity index is 2.88. The second-order valence-corrected chi connectivity index (χ2v) is 6.24. The number of rotatable bonds is 2. The lowest BCUT2D eigenvalue weighted by molar-refractivity contribution is 0.381. The Morgan fingerprint density at radius 2 is 1.22 bits per heavy atom. The second kappa shape index (κ2) is 5.90.